The largest absolute Gasteiger partial charge is 0.329 e. The molecule has 2 nitrogen and oxygen atoms in total. The molecule has 0 aromatic heterocycles. The fourth-order valence-electron chi connectivity index (χ4n) is 2.17. The molecule has 0 bridgehead atoms. The van der Waals surface area contributed by atoms with E-state index in [2.05, 4.69) is 11.8 Å². The summed E-state index contributed by atoms with van der Waals surface area (Å²) in [6.07, 6.45) is 4.74. The molecule has 102 valence electrons. The van der Waals surface area contributed by atoms with Crippen LogP contribution in [0.5, 0.6) is 0 Å². The maximum Gasteiger partial charge on any atom is 0.127 e. The number of hydrogen-bond donors (Lipinski definition) is 1. The summed E-state index contributed by atoms with van der Waals surface area (Å²) in [6.45, 7) is 3.45. The van der Waals surface area contributed by atoms with Crippen molar-refractivity contribution in [2.45, 2.75) is 45.2 Å². The van der Waals surface area contributed by atoms with Gasteiger partial charge in [0.1, 0.15) is 5.82 Å². The van der Waals surface area contributed by atoms with E-state index >= 15 is 0 Å². The summed E-state index contributed by atoms with van der Waals surface area (Å²) in [7, 11) is 2.02. The Labute approximate surface area is 110 Å². The Bertz CT molecular complexity index is 341. The zero-order valence-corrected chi connectivity index (χ0v) is 11.5. The highest BCUT2D eigenvalue weighted by atomic mass is 19.1. The van der Waals surface area contributed by atoms with Gasteiger partial charge in [0.05, 0.1) is 0 Å². The van der Waals surface area contributed by atoms with Gasteiger partial charge in [0.2, 0.25) is 0 Å². The van der Waals surface area contributed by atoms with Gasteiger partial charge in [0, 0.05) is 24.7 Å². The van der Waals surface area contributed by atoms with Crippen LogP contribution in [0.3, 0.4) is 0 Å². The van der Waals surface area contributed by atoms with E-state index in [9.17, 15) is 4.39 Å². The Morgan fingerprint density at radius 3 is 2.61 bits per heavy atom. The van der Waals surface area contributed by atoms with Gasteiger partial charge >= 0.3 is 0 Å². The molecular weight excluding hydrogens is 227 g/mol. The number of halogens is 1. The number of nitrogens with two attached hydrogens (primary N) is 1. The summed E-state index contributed by atoms with van der Waals surface area (Å²) in [5, 5.41) is 0. The van der Waals surface area contributed by atoms with Gasteiger partial charge in [-0.2, -0.15) is 0 Å². The van der Waals surface area contributed by atoms with Gasteiger partial charge in [-0.1, -0.05) is 44.4 Å². The Morgan fingerprint density at radius 1 is 1.28 bits per heavy atom. The first-order valence-electron chi connectivity index (χ1n) is 6.82. The molecule has 2 N–H and O–H groups in total. The minimum absolute atomic E-state index is 0.131. The molecule has 1 aromatic rings. The minimum Gasteiger partial charge on any atom is -0.329 e. The maximum absolute atomic E-state index is 13.6. The Balaban J connectivity index is 2.51. The third-order valence-corrected chi connectivity index (χ3v) is 3.41. The van der Waals surface area contributed by atoms with E-state index in [-0.39, 0.29) is 5.82 Å². The number of benzene rings is 1. The van der Waals surface area contributed by atoms with Crippen molar-refractivity contribution in [3.05, 3.63) is 35.6 Å². The summed E-state index contributed by atoms with van der Waals surface area (Å²) < 4.78 is 13.6. The second-order valence-electron chi connectivity index (χ2n) is 4.89. The van der Waals surface area contributed by atoms with Gasteiger partial charge in [-0.3, -0.25) is 4.90 Å². The Hall–Kier alpha value is -0.930. The van der Waals surface area contributed by atoms with Crippen LogP contribution in [0.1, 0.15) is 38.2 Å². The molecular formula is C15H25FN2. The van der Waals surface area contributed by atoms with Crippen LogP contribution in [0, 0.1) is 5.82 Å². The first-order valence-corrected chi connectivity index (χ1v) is 6.82. The highest BCUT2D eigenvalue weighted by Gasteiger charge is 2.14. The summed E-state index contributed by atoms with van der Waals surface area (Å²) in [6, 6.07) is 7.29. The summed E-state index contributed by atoms with van der Waals surface area (Å²) in [5.74, 6) is -0.131. The van der Waals surface area contributed by atoms with Crippen molar-refractivity contribution in [2.75, 3.05) is 13.6 Å². The molecule has 0 aliphatic heterocycles. The summed E-state index contributed by atoms with van der Waals surface area (Å²) in [4.78, 5) is 2.16. The van der Waals surface area contributed by atoms with Crippen molar-refractivity contribution in [1.82, 2.24) is 4.90 Å². The van der Waals surface area contributed by atoms with E-state index in [0.717, 1.165) is 12.0 Å². The third kappa shape index (κ3) is 4.75. The molecule has 0 amide bonds. The van der Waals surface area contributed by atoms with Crippen molar-refractivity contribution in [1.29, 1.82) is 0 Å². The van der Waals surface area contributed by atoms with Gasteiger partial charge in [-0.15, -0.1) is 0 Å². The van der Waals surface area contributed by atoms with Crippen LogP contribution in [0.25, 0.3) is 0 Å². The van der Waals surface area contributed by atoms with Crippen molar-refractivity contribution >= 4 is 0 Å². The number of unbranched alkanes of at least 4 members (excludes halogenated alkanes) is 2. The van der Waals surface area contributed by atoms with E-state index in [0.29, 0.717) is 19.1 Å². The minimum atomic E-state index is -0.131. The lowest BCUT2D eigenvalue weighted by molar-refractivity contribution is 0.220. The van der Waals surface area contributed by atoms with Gasteiger partial charge in [0.25, 0.3) is 0 Å². The van der Waals surface area contributed by atoms with Crippen LogP contribution in [-0.4, -0.2) is 24.5 Å². The van der Waals surface area contributed by atoms with Crippen molar-refractivity contribution in [3.8, 4) is 0 Å². The van der Waals surface area contributed by atoms with Crippen molar-refractivity contribution in [3.63, 3.8) is 0 Å². The van der Waals surface area contributed by atoms with E-state index < -0.39 is 0 Å². The average Bonchev–Trinajstić information content (AvgIpc) is 2.37. The molecule has 1 atom stereocenters. The number of nitrogens with zero attached hydrogens (tertiary/aromatic N) is 1. The second-order valence-corrected chi connectivity index (χ2v) is 4.89. The van der Waals surface area contributed by atoms with Crippen molar-refractivity contribution in [2.24, 2.45) is 5.73 Å². The van der Waals surface area contributed by atoms with Crippen LogP contribution in [0.15, 0.2) is 24.3 Å². The highest BCUT2D eigenvalue weighted by molar-refractivity contribution is 5.17. The molecule has 0 saturated heterocycles. The quantitative estimate of drug-likeness (QED) is 0.720. The van der Waals surface area contributed by atoms with Gasteiger partial charge < -0.3 is 5.73 Å². The maximum atomic E-state index is 13.6. The van der Waals surface area contributed by atoms with E-state index in [1.54, 1.807) is 6.07 Å². The molecule has 0 saturated carbocycles. The van der Waals surface area contributed by atoms with Crippen LogP contribution in [0.4, 0.5) is 4.39 Å². The van der Waals surface area contributed by atoms with Gasteiger partial charge in [-0.25, -0.2) is 4.39 Å². The second kappa shape index (κ2) is 8.22. The van der Waals surface area contributed by atoms with Crippen LogP contribution in [0.2, 0.25) is 0 Å². The van der Waals surface area contributed by atoms with Crippen LogP contribution in [-0.2, 0) is 6.54 Å². The molecule has 0 radical (unpaired) electrons. The Morgan fingerprint density at radius 2 is 2.00 bits per heavy atom. The van der Waals surface area contributed by atoms with Crippen molar-refractivity contribution < 1.29 is 4.39 Å². The SMILES string of the molecule is CCCCCC(CN)N(C)Cc1ccccc1F. The molecule has 0 aliphatic carbocycles. The lowest BCUT2D eigenvalue weighted by Gasteiger charge is -2.27. The standard InChI is InChI=1S/C15H25FN2/c1-3-4-5-9-14(11-17)18(2)12-13-8-6-7-10-15(13)16/h6-8,10,14H,3-5,9,11-12,17H2,1-2H3. The monoisotopic (exact) mass is 252 g/mol. The van der Waals surface area contributed by atoms with E-state index in [1.807, 2.05) is 19.2 Å². The lowest BCUT2D eigenvalue weighted by Crippen LogP contribution is -2.37. The molecule has 0 aliphatic rings. The van der Waals surface area contributed by atoms with E-state index in [4.69, 9.17) is 5.73 Å². The topological polar surface area (TPSA) is 29.3 Å². The summed E-state index contributed by atoms with van der Waals surface area (Å²) in [5.41, 5.74) is 6.56. The number of rotatable bonds is 8. The molecule has 1 aromatic carbocycles. The zero-order chi connectivity index (χ0) is 13.4. The van der Waals surface area contributed by atoms with Gasteiger partial charge in [0.15, 0.2) is 0 Å². The zero-order valence-electron chi connectivity index (χ0n) is 11.5. The highest BCUT2D eigenvalue weighted by Crippen LogP contribution is 2.13. The van der Waals surface area contributed by atoms with Gasteiger partial charge in [-0.05, 0) is 19.5 Å². The molecule has 1 unspecified atom stereocenters. The third-order valence-electron chi connectivity index (χ3n) is 3.41. The Kier molecular flexibility index (Phi) is 6.91. The van der Waals surface area contributed by atoms with Crippen LogP contribution < -0.4 is 5.73 Å². The molecule has 1 rings (SSSR count). The first kappa shape index (κ1) is 15.1. The lowest BCUT2D eigenvalue weighted by atomic mass is 10.1. The molecule has 0 heterocycles. The normalized spacial score (nSPS) is 12.9. The average molecular weight is 252 g/mol. The first-order chi connectivity index (χ1) is 8.69. The molecule has 0 spiro atoms. The fraction of sp³-hybridized carbons (Fsp3) is 0.600. The smallest absolute Gasteiger partial charge is 0.127 e. The molecule has 18 heavy (non-hydrogen) atoms. The fourth-order valence-corrected chi connectivity index (χ4v) is 2.17. The predicted molar refractivity (Wildman–Crippen MR) is 74.9 cm³/mol. The molecule has 3 heteroatoms. The number of hydrogen-bond acceptors (Lipinski definition) is 2. The van der Waals surface area contributed by atoms with E-state index in [1.165, 1.54) is 25.3 Å². The predicted octanol–water partition coefficient (Wildman–Crippen LogP) is 3.17. The number of likely N-dealkylation sites (N-methyl/N-ethyl adjacent to an activating group) is 1. The molecule has 0 fully saturated rings. The van der Waals surface area contributed by atoms with Crippen LogP contribution >= 0.6 is 0 Å². The summed E-state index contributed by atoms with van der Waals surface area (Å²) >= 11 is 0.